The molecule has 0 saturated carbocycles. The van der Waals surface area contributed by atoms with Crippen molar-refractivity contribution in [2.24, 2.45) is 0 Å². The SMILES string of the molecule is CC(C)c1nc(NC(=O)C(F)(F)F)n(Cc2ccccc2)n1. The van der Waals surface area contributed by atoms with Gasteiger partial charge in [0.1, 0.15) is 0 Å². The van der Waals surface area contributed by atoms with Crippen molar-refractivity contribution in [3.8, 4) is 0 Å². The van der Waals surface area contributed by atoms with E-state index in [1.807, 2.05) is 44.2 Å². The number of alkyl halides is 3. The summed E-state index contributed by atoms with van der Waals surface area (Å²) < 4.78 is 38.4. The molecular weight excluding hydrogens is 297 g/mol. The zero-order valence-electron chi connectivity index (χ0n) is 12.1. The smallest absolute Gasteiger partial charge is 0.287 e. The Balaban J connectivity index is 2.29. The molecule has 2 rings (SSSR count). The number of amides is 1. The number of nitrogens with zero attached hydrogens (tertiary/aromatic N) is 3. The van der Waals surface area contributed by atoms with Gasteiger partial charge in [-0.15, -0.1) is 0 Å². The summed E-state index contributed by atoms with van der Waals surface area (Å²) >= 11 is 0. The number of carbonyl (C=O) groups is 1. The van der Waals surface area contributed by atoms with Crippen LogP contribution in [0.2, 0.25) is 0 Å². The molecule has 1 aromatic heterocycles. The lowest BCUT2D eigenvalue weighted by atomic mass is 10.2. The fourth-order valence-corrected chi connectivity index (χ4v) is 1.74. The number of nitrogens with one attached hydrogen (secondary N) is 1. The Morgan fingerprint density at radius 2 is 1.91 bits per heavy atom. The standard InChI is InChI=1S/C14H15F3N4O/c1-9(2)11-18-13(19-12(22)14(15,16)17)21(20-11)8-10-6-4-3-5-7-10/h3-7,9H,8H2,1-2H3,(H,18,19,20,22). The average Bonchev–Trinajstić information content (AvgIpc) is 2.82. The molecule has 0 aliphatic rings. The molecule has 0 bridgehead atoms. The molecule has 0 aliphatic carbocycles. The average molecular weight is 312 g/mol. The molecule has 0 atom stereocenters. The molecule has 5 nitrogen and oxygen atoms in total. The Hall–Kier alpha value is -2.38. The first kappa shape index (κ1) is 16.0. The van der Waals surface area contributed by atoms with E-state index in [0.717, 1.165) is 5.56 Å². The Labute approximate surface area is 125 Å². The number of benzene rings is 1. The quantitative estimate of drug-likeness (QED) is 0.944. The van der Waals surface area contributed by atoms with Crippen LogP contribution in [0.4, 0.5) is 19.1 Å². The van der Waals surface area contributed by atoms with Gasteiger partial charge in [0.05, 0.1) is 6.54 Å². The minimum atomic E-state index is -4.97. The predicted octanol–water partition coefficient (Wildman–Crippen LogP) is 2.95. The van der Waals surface area contributed by atoms with Gasteiger partial charge in [-0.1, -0.05) is 44.2 Å². The van der Waals surface area contributed by atoms with E-state index in [1.165, 1.54) is 4.68 Å². The van der Waals surface area contributed by atoms with Gasteiger partial charge < -0.3 is 0 Å². The zero-order chi connectivity index (χ0) is 16.3. The maximum Gasteiger partial charge on any atom is 0.471 e. The minimum Gasteiger partial charge on any atom is -0.287 e. The molecule has 0 unspecified atom stereocenters. The van der Waals surface area contributed by atoms with Crippen LogP contribution >= 0.6 is 0 Å². The van der Waals surface area contributed by atoms with Crippen molar-refractivity contribution in [3.05, 3.63) is 41.7 Å². The molecule has 1 heterocycles. The lowest BCUT2D eigenvalue weighted by Gasteiger charge is -2.09. The summed E-state index contributed by atoms with van der Waals surface area (Å²) in [7, 11) is 0. The van der Waals surface area contributed by atoms with Crippen LogP contribution < -0.4 is 5.32 Å². The van der Waals surface area contributed by atoms with Crippen LogP contribution in [0.1, 0.15) is 31.2 Å². The van der Waals surface area contributed by atoms with Gasteiger partial charge in [0.15, 0.2) is 5.82 Å². The summed E-state index contributed by atoms with van der Waals surface area (Å²) in [4.78, 5) is 15.1. The van der Waals surface area contributed by atoms with Gasteiger partial charge in [-0.05, 0) is 5.56 Å². The van der Waals surface area contributed by atoms with E-state index in [4.69, 9.17) is 0 Å². The highest BCUT2D eigenvalue weighted by Gasteiger charge is 2.39. The molecule has 22 heavy (non-hydrogen) atoms. The minimum absolute atomic E-state index is 0.0708. The fraction of sp³-hybridized carbons (Fsp3) is 0.357. The summed E-state index contributed by atoms with van der Waals surface area (Å²) in [6.07, 6.45) is -4.97. The van der Waals surface area contributed by atoms with Crippen LogP contribution in [-0.4, -0.2) is 26.8 Å². The number of rotatable bonds is 4. The van der Waals surface area contributed by atoms with Gasteiger partial charge in [0.25, 0.3) is 0 Å². The Kier molecular flexibility index (Phi) is 4.48. The Morgan fingerprint density at radius 1 is 1.27 bits per heavy atom. The number of carbonyl (C=O) groups excluding carboxylic acids is 1. The van der Waals surface area contributed by atoms with E-state index in [1.54, 1.807) is 5.32 Å². The third kappa shape index (κ3) is 3.84. The molecule has 1 N–H and O–H groups in total. The Bertz CT molecular complexity index is 650. The lowest BCUT2D eigenvalue weighted by molar-refractivity contribution is -0.167. The van der Waals surface area contributed by atoms with Crippen molar-refractivity contribution in [1.82, 2.24) is 14.8 Å². The monoisotopic (exact) mass is 312 g/mol. The first-order chi connectivity index (χ1) is 10.3. The van der Waals surface area contributed by atoms with Gasteiger partial charge in [-0.3, -0.25) is 10.1 Å². The molecule has 0 radical (unpaired) electrons. The van der Waals surface area contributed by atoms with Crippen molar-refractivity contribution in [2.75, 3.05) is 5.32 Å². The van der Waals surface area contributed by atoms with Crippen LogP contribution in [0, 0.1) is 0 Å². The molecule has 1 amide bonds. The maximum absolute atomic E-state index is 12.4. The summed E-state index contributed by atoms with van der Waals surface area (Å²) in [5, 5.41) is 5.94. The molecule has 118 valence electrons. The third-order valence-electron chi connectivity index (χ3n) is 2.86. The number of hydrogen-bond donors (Lipinski definition) is 1. The molecule has 0 spiro atoms. The van der Waals surface area contributed by atoms with Crippen LogP contribution in [0.25, 0.3) is 0 Å². The van der Waals surface area contributed by atoms with Crippen molar-refractivity contribution in [3.63, 3.8) is 0 Å². The highest BCUT2D eigenvalue weighted by atomic mass is 19.4. The molecule has 2 aromatic rings. The van der Waals surface area contributed by atoms with Crippen LogP contribution in [0.3, 0.4) is 0 Å². The number of aromatic nitrogens is 3. The van der Waals surface area contributed by atoms with Gasteiger partial charge in [-0.25, -0.2) is 4.68 Å². The molecular formula is C14H15F3N4O. The second-order valence-corrected chi connectivity index (χ2v) is 5.04. The topological polar surface area (TPSA) is 59.8 Å². The fourth-order valence-electron chi connectivity index (χ4n) is 1.74. The molecule has 0 aliphatic heterocycles. The summed E-state index contributed by atoms with van der Waals surface area (Å²) in [5.41, 5.74) is 0.838. The molecule has 8 heteroatoms. The zero-order valence-corrected chi connectivity index (χ0v) is 12.1. The summed E-state index contributed by atoms with van der Waals surface area (Å²) in [6, 6.07) is 9.07. The largest absolute Gasteiger partial charge is 0.471 e. The van der Waals surface area contributed by atoms with Crippen molar-refractivity contribution in [1.29, 1.82) is 0 Å². The first-order valence-corrected chi connectivity index (χ1v) is 6.64. The van der Waals surface area contributed by atoms with Gasteiger partial charge >= 0.3 is 12.1 Å². The molecule has 0 fully saturated rings. The maximum atomic E-state index is 12.4. The number of hydrogen-bond acceptors (Lipinski definition) is 3. The van der Waals surface area contributed by atoms with Crippen LogP contribution in [-0.2, 0) is 11.3 Å². The summed E-state index contributed by atoms with van der Waals surface area (Å²) in [5.74, 6) is -1.98. The van der Waals surface area contributed by atoms with Gasteiger partial charge in [0.2, 0.25) is 5.95 Å². The van der Waals surface area contributed by atoms with Crippen molar-refractivity contribution < 1.29 is 18.0 Å². The highest BCUT2D eigenvalue weighted by Crippen LogP contribution is 2.20. The van der Waals surface area contributed by atoms with Crippen LogP contribution in [0.15, 0.2) is 30.3 Å². The molecule has 0 saturated heterocycles. The normalized spacial score (nSPS) is 11.7. The lowest BCUT2D eigenvalue weighted by Crippen LogP contribution is -2.31. The van der Waals surface area contributed by atoms with Gasteiger partial charge in [0, 0.05) is 5.92 Å². The van der Waals surface area contributed by atoms with E-state index in [9.17, 15) is 18.0 Å². The third-order valence-corrected chi connectivity index (χ3v) is 2.86. The van der Waals surface area contributed by atoms with E-state index in [0.29, 0.717) is 5.82 Å². The van der Waals surface area contributed by atoms with E-state index in [-0.39, 0.29) is 18.4 Å². The van der Waals surface area contributed by atoms with Crippen molar-refractivity contribution in [2.45, 2.75) is 32.5 Å². The predicted molar refractivity (Wildman–Crippen MR) is 74.3 cm³/mol. The second-order valence-electron chi connectivity index (χ2n) is 5.04. The Morgan fingerprint density at radius 3 is 2.45 bits per heavy atom. The molecule has 1 aromatic carbocycles. The summed E-state index contributed by atoms with van der Waals surface area (Å²) in [6.45, 7) is 3.85. The highest BCUT2D eigenvalue weighted by molar-refractivity contribution is 5.93. The number of anilines is 1. The van der Waals surface area contributed by atoms with Crippen LogP contribution in [0.5, 0.6) is 0 Å². The van der Waals surface area contributed by atoms with E-state index in [2.05, 4.69) is 10.1 Å². The van der Waals surface area contributed by atoms with E-state index < -0.39 is 12.1 Å². The van der Waals surface area contributed by atoms with E-state index >= 15 is 0 Å². The second kappa shape index (κ2) is 6.17. The number of halogens is 3. The first-order valence-electron chi connectivity index (χ1n) is 6.64. The van der Waals surface area contributed by atoms with Gasteiger partial charge in [-0.2, -0.15) is 23.3 Å². The van der Waals surface area contributed by atoms with Crippen molar-refractivity contribution >= 4 is 11.9 Å².